The van der Waals surface area contributed by atoms with Crippen LogP contribution in [0.2, 0.25) is 0 Å². The number of hydrogen-bond donors (Lipinski definition) is 0. The molecule has 0 aromatic heterocycles. The van der Waals surface area contributed by atoms with Gasteiger partial charge in [0.05, 0.1) is 0 Å². The second-order valence-corrected chi connectivity index (χ2v) is 7.16. The number of rotatable bonds is 1. The molecule has 2 fully saturated rings. The van der Waals surface area contributed by atoms with Gasteiger partial charge in [-0.05, 0) is 79.0 Å². The lowest BCUT2D eigenvalue weighted by atomic mass is 9.85. The van der Waals surface area contributed by atoms with Crippen LogP contribution in [0.15, 0.2) is 24.3 Å². The molecule has 0 radical (unpaired) electrons. The summed E-state index contributed by atoms with van der Waals surface area (Å²) in [5.41, 5.74) is 0.846. The molecule has 1 aromatic carbocycles. The van der Waals surface area contributed by atoms with Gasteiger partial charge in [0.25, 0.3) is 5.91 Å². The monoisotopic (exact) mass is 369 g/mol. The first-order chi connectivity index (χ1) is 9.16. The lowest BCUT2D eigenvalue weighted by Crippen LogP contribution is -2.42. The molecule has 102 valence electrons. The zero-order valence-electron chi connectivity index (χ0n) is 11.3. The fraction of sp³-hybridized carbons (Fsp3) is 0.562. The molecule has 2 aliphatic rings. The van der Waals surface area contributed by atoms with E-state index in [9.17, 15) is 4.79 Å². The predicted octanol–water partition coefficient (Wildman–Crippen LogP) is 4.08. The van der Waals surface area contributed by atoms with Gasteiger partial charge < -0.3 is 4.90 Å². The number of fused-ring (bicyclic) bond motifs is 1. The van der Waals surface area contributed by atoms with Crippen LogP contribution in [0.4, 0.5) is 0 Å². The molecule has 1 aliphatic carbocycles. The van der Waals surface area contributed by atoms with E-state index in [1.807, 2.05) is 24.3 Å². The highest BCUT2D eigenvalue weighted by molar-refractivity contribution is 14.1. The molecule has 3 rings (SSSR count). The molecule has 3 unspecified atom stereocenters. The highest BCUT2D eigenvalue weighted by atomic mass is 127. The Morgan fingerprint density at radius 3 is 2.63 bits per heavy atom. The van der Waals surface area contributed by atoms with Crippen molar-refractivity contribution in [3.8, 4) is 0 Å². The summed E-state index contributed by atoms with van der Waals surface area (Å²) >= 11 is 2.28. The van der Waals surface area contributed by atoms with Crippen LogP contribution in [0.3, 0.4) is 0 Å². The minimum absolute atomic E-state index is 0.235. The maximum absolute atomic E-state index is 12.7. The number of nitrogens with zero attached hydrogens (tertiary/aromatic N) is 1. The second kappa shape index (κ2) is 5.43. The third kappa shape index (κ3) is 2.54. The van der Waals surface area contributed by atoms with Crippen molar-refractivity contribution in [2.24, 2.45) is 5.92 Å². The zero-order chi connectivity index (χ0) is 13.4. The van der Waals surface area contributed by atoms with Crippen LogP contribution in [0, 0.1) is 9.49 Å². The van der Waals surface area contributed by atoms with Crippen molar-refractivity contribution in [2.45, 2.75) is 51.1 Å². The van der Waals surface area contributed by atoms with Gasteiger partial charge in [-0.25, -0.2) is 0 Å². The number of benzene rings is 1. The SMILES string of the molecule is CC1CC2CCCCC2N1C(=O)c1ccc(I)cc1. The molecule has 1 aliphatic heterocycles. The van der Waals surface area contributed by atoms with E-state index in [1.165, 1.54) is 35.7 Å². The van der Waals surface area contributed by atoms with E-state index in [4.69, 9.17) is 0 Å². The van der Waals surface area contributed by atoms with Crippen molar-refractivity contribution < 1.29 is 4.79 Å². The molecular formula is C16H20INO. The molecule has 1 amide bonds. The summed E-state index contributed by atoms with van der Waals surface area (Å²) in [6, 6.07) is 8.87. The summed E-state index contributed by atoms with van der Waals surface area (Å²) in [7, 11) is 0. The van der Waals surface area contributed by atoms with E-state index in [2.05, 4.69) is 34.4 Å². The Balaban J connectivity index is 1.84. The van der Waals surface area contributed by atoms with Gasteiger partial charge in [0.15, 0.2) is 0 Å². The third-order valence-corrected chi connectivity index (χ3v) is 5.39. The van der Waals surface area contributed by atoms with E-state index in [0.717, 1.165) is 11.5 Å². The maximum Gasteiger partial charge on any atom is 0.254 e. The Morgan fingerprint density at radius 2 is 1.89 bits per heavy atom. The number of halogens is 1. The molecule has 1 aromatic rings. The molecule has 0 N–H and O–H groups in total. The fourth-order valence-electron chi connectivity index (χ4n) is 3.80. The number of amides is 1. The topological polar surface area (TPSA) is 20.3 Å². The molecule has 19 heavy (non-hydrogen) atoms. The van der Waals surface area contributed by atoms with Gasteiger partial charge in [0.1, 0.15) is 0 Å². The summed E-state index contributed by atoms with van der Waals surface area (Å²) < 4.78 is 1.18. The average molecular weight is 369 g/mol. The van der Waals surface area contributed by atoms with E-state index in [1.54, 1.807) is 0 Å². The summed E-state index contributed by atoms with van der Waals surface area (Å²) in [5, 5.41) is 0. The molecular weight excluding hydrogens is 349 g/mol. The number of carbonyl (C=O) groups is 1. The Hall–Kier alpha value is -0.580. The van der Waals surface area contributed by atoms with Crippen LogP contribution in [0.25, 0.3) is 0 Å². The number of hydrogen-bond acceptors (Lipinski definition) is 1. The molecule has 0 bridgehead atoms. The average Bonchev–Trinajstić information content (AvgIpc) is 2.74. The summed E-state index contributed by atoms with van der Waals surface area (Å²) in [6.07, 6.45) is 6.33. The predicted molar refractivity (Wildman–Crippen MR) is 85.2 cm³/mol. The molecule has 3 atom stereocenters. The molecule has 0 spiro atoms. The first-order valence-corrected chi connectivity index (χ1v) is 8.33. The third-order valence-electron chi connectivity index (χ3n) is 4.67. The fourth-order valence-corrected chi connectivity index (χ4v) is 4.16. The highest BCUT2D eigenvalue weighted by Crippen LogP contribution is 2.40. The summed E-state index contributed by atoms with van der Waals surface area (Å²) in [6.45, 7) is 2.21. The minimum Gasteiger partial charge on any atom is -0.333 e. The zero-order valence-corrected chi connectivity index (χ0v) is 13.5. The van der Waals surface area contributed by atoms with E-state index < -0.39 is 0 Å². The van der Waals surface area contributed by atoms with Gasteiger partial charge in [-0.15, -0.1) is 0 Å². The molecule has 2 nitrogen and oxygen atoms in total. The van der Waals surface area contributed by atoms with E-state index in [0.29, 0.717) is 12.1 Å². The van der Waals surface area contributed by atoms with Gasteiger partial charge in [-0.2, -0.15) is 0 Å². The van der Waals surface area contributed by atoms with Crippen LogP contribution in [0.5, 0.6) is 0 Å². The Labute approximate surface area is 128 Å². The normalized spacial score (nSPS) is 30.2. The van der Waals surface area contributed by atoms with Gasteiger partial charge in [-0.3, -0.25) is 4.79 Å². The van der Waals surface area contributed by atoms with Gasteiger partial charge >= 0.3 is 0 Å². The maximum atomic E-state index is 12.7. The lowest BCUT2D eigenvalue weighted by molar-refractivity contribution is 0.0633. The Morgan fingerprint density at radius 1 is 1.21 bits per heavy atom. The number of carbonyl (C=O) groups excluding carboxylic acids is 1. The summed E-state index contributed by atoms with van der Waals surface area (Å²) in [4.78, 5) is 14.9. The molecule has 1 saturated carbocycles. The highest BCUT2D eigenvalue weighted by Gasteiger charge is 2.42. The van der Waals surface area contributed by atoms with Gasteiger partial charge in [0, 0.05) is 21.2 Å². The van der Waals surface area contributed by atoms with E-state index >= 15 is 0 Å². The quantitative estimate of drug-likeness (QED) is 0.683. The van der Waals surface area contributed by atoms with Crippen LogP contribution in [0.1, 0.15) is 49.4 Å². The largest absolute Gasteiger partial charge is 0.333 e. The second-order valence-electron chi connectivity index (χ2n) is 5.92. The van der Waals surface area contributed by atoms with E-state index in [-0.39, 0.29) is 5.91 Å². The first-order valence-electron chi connectivity index (χ1n) is 7.25. The molecule has 3 heteroatoms. The van der Waals surface area contributed by atoms with Crippen LogP contribution in [-0.2, 0) is 0 Å². The molecule has 1 saturated heterocycles. The smallest absolute Gasteiger partial charge is 0.254 e. The minimum atomic E-state index is 0.235. The summed E-state index contributed by atoms with van der Waals surface area (Å²) in [5.74, 6) is 0.981. The van der Waals surface area contributed by atoms with Crippen LogP contribution >= 0.6 is 22.6 Å². The Bertz CT molecular complexity index is 470. The van der Waals surface area contributed by atoms with Gasteiger partial charge in [0.2, 0.25) is 0 Å². The first kappa shape index (κ1) is 13.4. The number of likely N-dealkylation sites (tertiary alicyclic amines) is 1. The van der Waals surface area contributed by atoms with Crippen molar-refractivity contribution in [2.75, 3.05) is 0 Å². The standard InChI is InChI=1S/C16H20INO/c1-11-10-13-4-2-3-5-15(13)18(11)16(19)12-6-8-14(17)9-7-12/h6-9,11,13,15H,2-5,10H2,1H3. The van der Waals surface area contributed by atoms with Crippen LogP contribution in [-0.4, -0.2) is 22.9 Å². The lowest BCUT2D eigenvalue weighted by Gasteiger charge is -2.33. The van der Waals surface area contributed by atoms with Crippen molar-refractivity contribution >= 4 is 28.5 Å². The molecule has 1 heterocycles. The Kier molecular flexibility index (Phi) is 3.83. The van der Waals surface area contributed by atoms with Crippen molar-refractivity contribution in [3.63, 3.8) is 0 Å². The van der Waals surface area contributed by atoms with Crippen LogP contribution < -0.4 is 0 Å². The van der Waals surface area contributed by atoms with Gasteiger partial charge in [-0.1, -0.05) is 12.8 Å². The van der Waals surface area contributed by atoms with Crippen molar-refractivity contribution in [3.05, 3.63) is 33.4 Å². The van der Waals surface area contributed by atoms with Crippen molar-refractivity contribution in [1.29, 1.82) is 0 Å². The van der Waals surface area contributed by atoms with Crippen molar-refractivity contribution in [1.82, 2.24) is 4.90 Å².